The highest BCUT2D eigenvalue weighted by atomic mass is 15.1. The van der Waals surface area contributed by atoms with Gasteiger partial charge in [0.2, 0.25) is 0 Å². The van der Waals surface area contributed by atoms with E-state index in [1.807, 2.05) is 48.9 Å². The summed E-state index contributed by atoms with van der Waals surface area (Å²) >= 11 is 0. The first-order valence-electron chi connectivity index (χ1n) is 17.5. The Morgan fingerprint density at radius 3 is 1.33 bits per heavy atom. The third-order valence-corrected chi connectivity index (χ3v) is 10.5. The van der Waals surface area contributed by atoms with Crippen LogP contribution in [-0.2, 0) is 0 Å². The summed E-state index contributed by atoms with van der Waals surface area (Å²) in [7, 11) is 0. The minimum Gasteiger partial charge on any atom is -0.294 e. The predicted octanol–water partition coefficient (Wildman–Crippen LogP) is 11.7. The van der Waals surface area contributed by atoms with E-state index >= 15 is 0 Å². The molecule has 242 valence electrons. The molecule has 0 saturated carbocycles. The van der Waals surface area contributed by atoms with Gasteiger partial charge in [0.15, 0.2) is 0 Å². The first-order chi connectivity index (χ1) is 25.8. The summed E-state index contributed by atoms with van der Waals surface area (Å²) in [4.78, 5) is 14.4. The average Bonchev–Trinajstić information content (AvgIpc) is 3.73. The third-order valence-electron chi connectivity index (χ3n) is 10.5. The summed E-state index contributed by atoms with van der Waals surface area (Å²) in [6.45, 7) is 0. The van der Waals surface area contributed by atoms with Gasteiger partial charge in [0.05, 0.1) is 11.0 Å². The molecule has 0 fully saturated rings. The SMILES string of the molecule is c1ccc(-n2c3ccc(-c4c5ccccc5c(-c5ccc6c(c5)c5cccnc5n6-c5ccccn5)c5ccccc45)cc3c3cccnc32)cc1. The van der Waals surface area contributed by atoms with Crippen molar-refractivity contribution in [1.29, 1.82) is 0 Å². The van der Waals surface area contributed by atoms with Crippen molar-refractivity contribution >= 4 is 65.4 Å². The van der Waals surface area contributed by atoms with Crippen LogP contribution < -0.4 is 0 Å². The molecule has 5 aromatic heterocycles. The summed E-state index contributed by atoms with van der Waals surface area (Å²) in [5, 5.41) is 9.46. The van der Waals surface area contributed by atoms with Crippen LogP contribution in [0.5, 0.6) is 0 Å². The van der Waals surface area contributed by atoms with Gasteiger partial charge in [-0.05, 0) is 117 Å². The molecule has 0 aliphatic heterocycles. The van der Waals surface area contributed by atoms with Crippen molar-refractivity contribution in [2.24, 2.45) is 0 Å². The van der Waals surface area contributed by atoms with Gasteiger partial charge in [-0.15, -0.1) is 0 Å². The van der Waals surface area contributed by atoms with Crippen molar-refractivity contribution in [2.75, 3.05) is 0 Å². The van der Waals surface area contributed by atoms with Crippen LogP contribution in [0.2, 0.25) is 0 Å². The van der Waals surface area contributed by atoms with Gasteiger partial charge in [-0.1, -0.05) is 84.9 Å². The van der Waals surface area contributed by atoms with Crippen molar-refractivity contribution in [2.45, 2.75) is 0 Å². The van der Waals surface area contributed by atoms with E-state index in [2.05, 4.69) is 137 Å². The molecule has 0 N–H and O–H groups in total. The minimum absolute atomic E-state index is 0.855. The summed E-state index contributed by atoms with van der Waals surface area (Å²) in [5.41, 5.74) is 10.00. The lowest BCUT2D eigenvalue weighted by molar-refractivity contribution is 1.06. The van der Waals surface area contributed by atoms with Crippen LogP contribution in [0.15, 0.2) is 176 Å². The first kappa shape index (κ1) is 28.7. The highest BCUT2D eigenvalue weighted by molar-refractivity contribution is 6.23. The molecule has 0 radical (unpaired) electrons. The van der Waals surface area contributed by atoms with E-state index in [0.29, 0.717) is 0 Å². The summed E-state index contributed by atoms with van der Waals surface area (Å²) in [6.07, 6.45) is 5.57. The standard InChI is InChI=1S/C47H29N5/c1-2-12-32(13-3-1)51-41-23-21-30(28-39(41)37-18-10-26-49-46(37)51)44-33-14-4-6-16-35(33)45(36-17-7-5-15-34(36)44)31-22-24-42-40(29-31)38-19-11-27-50-47(38)52(42)43-20-8-9-25-48-43/h1-29H. The van der Waals surface area contributed by atoms with Gasteiger partial charge in [0.25, 0.3) is 0 Å². The quantitative estimate of drug-likeness (QED) is 0.176. The zero-order valence-electron chi connectivity index (χ0n) is 28.0. The minimum atomic E-state index is 0.855. The van der Waals surface area contributed by atoms with Crippen molar-refractivity contribution < 1.29 is 0 Å². The lowest BCUT2D eigenvalue weighted by atomic mass is 9.85. The highest BCUT2D eigenvalue weighted by Gasteiger charge is 2.21. The smallest absolute Gasteiger partial charge is 0.146 e. The molecule has 0 aliphatic rings. The monoisotopic (exact) mass is 663 g/mol. The number of benzene rings is 6. The van der Waals surface area contributed by atoms with E-state index in [1.54, 1.807) is 0 Å². The van der Waals surface area contributed by atoms with Crippen LogP contribution in [-0.4, -0.2) is 24.1 Å². The van der Waals surface area contributed by atoms with Crippen molar-refractivity contribution in [3.8, 4) is 33.8 Å². The Balaban J connectivity index is 1.18. The van der Waals surface area contributed by atoms with Crippen LogP contribution in [0.1, 0.15) is 0 Å². The second-order valence-electron chi connectivity index (χ2n) is 13.2. The maximum absolute atomic E-state index is 4.86. The molecule has 0 spiro atoms. The molecule has 0 aliphatic carbocycles. The van der Waals surface area contributed by atoms with E-state index in [4.69, 9.17) is 15.0 Å². The summed E-state index contributed by atoms with van der Waals surface area (Å²) in [5.74, 6) is 0.855. The highest BCUT2D eigenvalue weighted by Crippen LogP contribution is 2.46. The predicted molar refractivity (Wildman–Crippen MR) is 214 cm³/mol. The molecular weight excluding hydrogens is 635 g/mol. The van der Waals surface area contributed by atoms with Gasteiger partial charge in [-0.2, -0.15) is 0 Å². The van der Waals surface area contributed by atoms with E-state index in [0.717, 1.165) is 50.0 Å². The molecule has 6 aromatic carbocycles. The molecule has 5 heterocycles. The maximum atomic E-state index is 4.86. The number of aromatic nitrogens is 5. The molecule has 52 heavy (non-hydrogen) atoms. The maximum Gasteiger partial charge on any atom is 0.146 e. The Bertz CT molecular complexity index is 2900. The largest absolute Gasteiger partial charge is 0.294 e. The Morgan fingerprint density at radius 1 is 0.327 bits per heavy atom. The van der Waals surface area contributed by atoms with Gasteiger partial charge in [0, 0.05) is 45.8 Å². The fourth-order valence-electron chi connectivity index (χ4n) is 8.31. The molecule has 0 bridgehead atoms. The molecule has 0 saturated heterocycles. The van der Waals surface area contributed by atoms with E-state index < -0.39 is 0 Å². The van der Waals surface area contributed by atoms with Gasteiger partial charge < -0.3 is 0 Å². The second-order valence-corrected chi connectivity index (χ2v) is 13.2. The van der Waals surface area contributed by atoms with Gasteiger partial charge >= 0.3 is 0 Å². The van der Waals surface area contributed by atoms with Crippen LogP contribution in [0.3, 0.4) is 0 Å². The van der Waals surface area contributed by atoms with Crippen molar-refractivity contribution in [3.05, 3.63) is 176 Å². The fraction of sp³-hybridized carbons (Fsp3) is 0. The normalized spacial score (nSPS) is 11.8. The number of nitrogens with zero attached hydrogens (tertiary/aromatic N) is 5. The van der Waals surface area contributed by atoms with Crippen molar-refractivity contribution in [1.82, 2.24) is 24.1 Å². The number of rotatable bonds is 4. The topological polar surface area (TPSA) is 48.5 Å². The Hall–Kier alpha value is -7.11. The zero-order chi connectivity index (χ0) is 34.2. The zero-order valence-corrected chi connectivity index (χ0v) is 28.0. The van der Waals surface area contributed by atoms with Crippen molar-refractivity contribution in [3.63, 3.8) is 0 Å². The summed E-state index contributed by atoms with van der Waals surface area (Å²) in [6, 6.07) is 56.3. The van der Waals surface area contributed by atoms with Crippen LogP contribution in [0.25, 0.3) is 99.2 Å². The van der Waals surface area contributed by atoms with Gasteiger partial charge in [-0.3, -0.25) is 9.13 Å². The number of pyridine rings is 3. The van der Waals surface area contributed by atoms with E-state index in [-0.39, 0.29) is 0 Å². The van der Waals surface area contributed by atoms with Gasteiger partial charge in [-0.25, -0.2) is 15.0 Å². The van der Waals surface area contributed by atoms with Crippen LogP contribution in [0.4, 0.5) is 0 Å². The lowest BCUT2D eigenvalue weighted by Crippen LogP contribution is -1.97. The third kappa shape index (κ3) is 4.14. The molecular formula is C47H29N5. The number of hydrogen-bond donors (Lipinski definition) is 0. The number of para-hydroxylation sites is 1. The van der Waals surface area contributed by atoms with E-state index in [9.17, 15) is 0 Å². The molecule has 0 amide bonds. The molecule has 0 atom stereocenters. The first-order valence-corrected chi connectivity index (χ1v) is 17.5. The molecule has 5 nitrogen and oxygen atoms in total. The summed E-state index contributed by atoms with van der Waals surface area (Å²) < 4.78 is 4.43. The molecule has 5 heteroatoms. The van der Waals surface area contributed by atoms with E-state index in [1.165, 1.54) is 49.2 Å². The fourth-order valence-corrected chi connectivity index (χ4v) is 8.31. The molecule has 11 rings (SSSR count). The van der Waals surface area contributed by atoms with Crippen LogP contribution >= 0.6 is 0 Å². The Kier molecular flexibility index (Phi) is 6.18. The number of hydrogen-bond acceptors (Lipinski definition) is 3. The molecule has 11 aromatic rings. The average molecular weight is 664 g/mol. The lowest BCUT2D eigenvalue weighted by Gasteiger charge is -2.18. The van der Waals surface area contributed by atoms with Gasteiger partial charge in [0.1, 0.15) is 17.1 Å². The Morgan fingerprint density at radius 2 is 0.788 bits per heavy atom. The molecule has 0 unspecified atom stereocenters. The number of fused-ring (bicyclic) bond motifs is 8. The second kappa shape index (κ2) is 11.2. The van der Waals surface area contributed by atoms with Crippen LogP contribution in [0, 0.1) is 0 Å². The Labute approximate surface area is 298 Å².